The van der Waals surface area contributed by atoms with Crippen LogP contribution in [0.25, 0.3) is 10.8 Å². The molecular weight excluding hydrogens is 314 g/mol. The molecule has 1 heterocycles. The first-order valence-electron chi connectivity index (χ1n) is 6.31. The number of rotatable bonds is 2. The average Bonchev–Trinajstić information content (AvgIpc) is 2.47. The molecule has 100 valence electrons. The van der Waals surface area contributed by atoms with Crippen LogP contribution in [0.3, 0.4) is 0 Å². The Morgan fingerprint density at radius 1 is 1.05 bits per heavy atom. The molecular formula is C16H14BrN3. The molecule has 0 aliphatic carbocycles. The van der Waals surface area contributed by atoms with Gasteiger partial charge < -0.3 is 11.1 Å². The summed E-state index contributed by atoms with van der Waals surface area (Å²) in [5, 5.41) is 5.48. The van der Waals surface area contributed by atoms with Gasteiger partial charge in [-0.1, -0.05) is 12.1 Å². The van der Waals surface area contributed by atoms with E-state index in [1.165, 1.54) is 5.56 Å². The molecule has 1 aromatic heterocycles. The van der Waals surface area contributed by atoms with Crippen LogP contribution in [-0.2, 0) is 0 Å². The molecule has 0 atom stereocenters. The number of nitrogen functional groups attached to an aromatic ring is 1. The van der Waals surface area contributed by atoms with Crippen molar-refractivity contribution in [3.05, 3.63) is 58.8 Å². The van der Waals surface area contributed by atoms with Crippen LogP contribution in [-0.4, -0.2) is 4.98 Å². The second-order valence-electron chi connectivity index (χ2n) is 4.69. The summed E-state index contributed by atoms with van der Waals surface area (Å²) in [5.41, 5.74) is 9.98. The largest absolute Gasteiger partial charge is 0.398 e. The Bertz CT molecular complexity index is 784. The van der Waals surface area contributed by atoms with Gasteiger partial charge in [-0.2, -0.15) is 0 Å². The van der Waals surface area contributed by atoms with E-state index >= 15 is 0 Å². The zero-order chi connectivity index (χ0) is 14.1. The highest BCUT2D eigenvalue weighted by molar-refractivity contribution is 9.10. The average molecular weight is 328 g/mol. The van der Waals surface area contributed by atoms with Gasteiger partial charge in [0.1, 0.15) is 0 Å². The number of aromatic nitrogens is 1. The Kier molecular flexibility index (Phi) is 3.32. The number of nitrogens with zero attached hydrogens (tertiary/aromatic N) is 1. The lowest BCUT2D eigenvalue weighted by atomic mass is 10.1. The molecule has 3 aromatic rings. The normalized spacial score (nSPS) is 10.7. The number of nitrogens with one attached hydrogen (secondary N) is 1. The molecule has 0 radical (unpaired) electrons. The molecule has 3 N–H and O–H groups in total. The van der Waals surface area contributed by atoms with E-state index in [2.05, 4.69) is 39.2 Å². The van der Waals surface area contributed by atoms with Gasteiger partial charge in [0.15, 0.2) is 0 Å². The molecule has 2 aromatic carbocycles. The predicted octanol–water partition coefficient (Wildman–Crippen LogP) is 4.63. The van der Waals surface area contributed by atoms with Crippen molar-refractivity contribution in [3.8, 4) is 0 Å². The SMILES string of the molecule is Cc1cccc(Nc2ccc(N)c3cnccc23)c1Br. The molecule has 0 unspecified atom stereocenters. The van der Waals surface area contributed by atoms with Gasteiger partial charge in [0.2, 0.25) is 0 Å². The second kappa shape index (κ2) is 5.13. The zero-order valence-electron chi connectivity index (χ0n) is 11.0. The molecule has 0 amide bonds. The smallest absolute Gasteiger partial charge is 0.0531 e. The topological polar surface area (TPSA) is 50.9 Å². The third-order valence-electron chi connectivity index (χ3n) is 3.31. The fraction of sp³-hybridized carbons (Fsp3) is 0.0625. The first-order valence-corrected chi connectivity index (χ1v) is 7.10. The molecule has 3 nitrogen and oxygen atoms in total. The van der Waals surface area contributed by atoms with Gasteiger partial charge in [-0.05, 0) is 52.7 Å². The Morgan fingerprint density at radius 3 is 2.75 bits per heavy atom. The zero-order valence-corrected chi connectivity index (χ0v) is 12.6. The summed E-state index contributed by atoms with van der Waals surface area (Å²) in [4.78, 5) is 4.14. The Balaban J connectivity index is 2.12. The number of aryl methyl sites for hydroxylation is 1. The van der Waals surface area contributed by atoms with Crippen molar-refractivity contribution in [1.29, 1.82) is 0 Å². The second-order valence-corrected chi connectivity index (χ2v) is 5.48. The van der Waals surface area contributed by atoms with E-state index in [0.29, 0.717) is 0 Å². The van der Waals surface area contributed by atoms with Gasteiger partial charge in [0.05, 0.1) is 5.69 Å². The van der Waals surface area contributed by atoms with E-state index in [-0.39, 0.29) is 0 Å². The highest BCUT2D eigenvalue weighted by Gasteiger charge is 2.07. The Morgan fingerprint density at radius 2 is 1.90 bits per heavy atom. The van der Waals surface area contributed by atoms with E-state index in [1.807, 2.05) is 30.3 Å². The van der Waals surface area contributed by atoms with Crippen LogP contribution in [0, 0.1) is 6.92 Å². The van der Waals surface area contributed by atoms with Gasteiger partial charge in [-0.3, -0.25) is 4.98 Å². The van der Waals surface area contributed by atoms with Crippen molar-refractivity contribution in [3.63, 3.8) is 0 Å². The van der Waals surface area contributed by atoms with Crippen molar-refractivity contribution < 1.29 is 0 Å². The van der Waals surface area contributed by atoms with Gasteiger partial charge in [-0.25, -0.2) is 0 Å². The molecule has 0 bridgehead atoms. The van der Waals surface area contributed by atoms with E-state index in [4.69, 9.17) is 5.73 Å². The third kappa shape index (κ3) is 2.23. The predicted molar refractivity (Wildman–Crippen MR) is 88.3 cm³/mol. The lowest BCUT2D eigenvalue weighted by Gasteiger charge is -2.13. The van der Waals surface area contributed by atoms with Crippen LogP contribution in [0.1, 0.15) is 5.56 Å². The number of hydrogen-bond acceptors (Lipinski definition) is 3. The van der Waals surface area contributed by atoms with E-state index in [1.54, 1.807) is 12.4 Å². The maximum absolute atomic E-state index is 6.00. The first-order chi connectivity index (χ1) is 9.66. The monoisotopic (exact) mass is 327 g/mol. The number of benzene rings is 2. The standard InChI is InChI=1S/C16H14BrN3/c1-10-3-2-4-15(16(10)17)20-14-6-5-13(18)12-9-19-8-7-11(12)14/h2-9,20H,18H2,1H3. The van der Waals surface area contributed by atoms with Crippen molar-refractivity contribution >= 4 is 43.8 Å². The van der Waals surface area contributed by atoms with E-state index in [9.17, 15) is 0 Å². The first kappa shape index (κ1) is 12.9. The number of fused-ring (bicyclic) bond motifs is 1. The summed E-state index contributed by atoms with van der Waals surface area (Å²) < 4.78 is 1.07. The Labute approximate surface area is 126 Å². The van der Waals surface area contributed by atoms with Gasteiger partial charge >= 0.3 is 0 Å². The summed E-state index contributed by atoms with van der Waals surface area (Å²) in [6, 6.07) is 12.0. The van der Waals surface area contributed by atoms with Crippen molar-refractivity contribution in [2.24, 2.45) is 0 Å². The van der Waals surface area contributed by atoms with Gasteiger partial charge in [-0.15, -0.1) is 0 Å². The molecule has 20 heavy (non-hydrogen) atoms. The van der Waals surface area contributed by atoms with Crippen molar-refractivity contribution in [2.45, 2.75) is 6.92 Å². The molecule has 0 aliphatic heterocycles. The molecule has 0 saturated heterocycles. The van der Waals surface area contributed by atoms with Crippen LogP contribution < -0.4 is 11.1 Å². The number of nitrogens with two attached hydrogens (primary N) is 1. The minimum Gasteiger partial charge on any atom is -0.398 e. The summed E-state index contributed by atoms with van der Waals surface area (Å²) in [6.45, 7) is 2.07. The maximum Gasteiger partial charge on any atom is 0.0531 e. The number of anilines is 3. The van der Waals surface area contributed by atoms with Crippen LogP contribution >= 0.6 is 15.9 Å². The molecule has 0 aliphatic rings. The van der Waals surface area contributed by atoms with Crippen molar-refractivity contribution in [1.82, 2.24) is 4.98 Å². The highest BCUT2D eigenvalue weighted by Crippen LogP contribution is 2.33. The van der Waals surface area contributed by atoms with E-state index in [0.717, 1.165) is 32.3 Å². The maximum atomic E-state index is 6.00. The molecule has 4 heteroatoms. The quantitative estimate of drug-likeness (QED) is 0.674. The van der Waals surface area contributed by atoms with Crippen LogP contribution in [0.5, 0.6) is 0 Å². The molecule has 0 spiro atoms. The fourth-order valence-electron chi connectivity index (χ4n) is 2.21. The van der Waals surface area contributed by atoms with Crippen molar-refractivity contribution in [2.75, 3.05) is 11.1 Å². The summed E-state index contributed by atoms with van der Waals surface area (Å²) >= 11 is 3.62. The van der Waals surface area contributed by atoms with Crippen LogP contribution in [0.2, 0.25) is 0 Å². The van der Waals surface area contributed by atoms with E-state index < -0.39 is 0 Å². The molecule has 3 rings (SSSR count). The highest BCUT2D eigenvalue weighted by atomic mass is 79.9. The summed E-state index contributed by atoms with van der Waals surface area (Å²) in [6.07, 6.45) is 3.57. The fourth-order valence-corrected chi connectivity index (χ4v) is 2.57. The minimum absolute atomic E-state index is 0.738. The summed E-state index contributed by atoms with van der Waals surface area (Å²) in [5.74, 6) is 0. The lowest BCUT2D eigenvalue weighted by Crippen LogP contribution is -1.96. The van der Waals surface area contributed by atoms with Crippen LogP contribution in [0.15, 0.2) is 53.3 Å². The minimum atomic E-state index is 0.738. The molecule has 0 fully saturated rings. The number of pyridine rings is 1. The van der Waals surface area contributed by atoms with Gasteiger partial charge in [0.25, 0.3) is 0 Å². The third-order valence-corrected chi connectivity index (χ3v) is 4.37. The van der Waals surface area contributed by atoms with Crippen LogP contribution in [0.4, 0.5) is 17.1 Å². The number of hydrogen-bond donors (Lipinski definition) is 2. The summed E-state index contributed by atoms with van der Waals surface area (Å²) in [7, 11) is 0. The molecule has 0 saturated carbocycles. The number of halogens is 1. The van der Waals surface area contributed by atoms with Gasteiger partial charge in [0, 0.05) is 39.0 Å². The Hall–Kier alpha value is -2.07. The lowest BCUT2D eigenvalue weighted by molar-refractivity contribution is 1.36.